The van der Waals surface area contributed by atoms with Gasteiger partial charge >= 0.3 is 11.9 Å². The second kappa shape index (κ2) is 6.98. The number of anilines is 2. The summed E-state index contributed by atoms with van der Waals surface area (Å²) in [5.41, 5.74) is 6.16. The van der Waals surface area contributed by atoms with Gasteiger partial charge in [-0.3, -0.25) is 0 Å². The Morgan fingerprint density at radius 2 is 2.00 bits per heavy atom. The van der Waals surface area contributed by atoms with E-state index in [-0.39, 0.29) is 22.7 Å². The summed E-state index contributed by atoms with van der Waals surface area (Å²) < 4.78 is 9.59. The van der Waals surface area contributed by atoms with Crippen LogP contribution in [0.4, 0.5) is 10.7 Å². The first-order valence-electron chi connectivity index (χ1n) is 5.98. The van der Waals surface area contributed by atoms with Gasteiger partial charge in [-0.25, -0.2) is 9.59 Å². The van der Waals surface area contributed by atoms with E-state index in [1.807, 2.05) is 6.92 Å². The zero-order valence-corrected chi connectivity index (χ0v) is 12.1. The molecule has 0 radical (unpaired) electrons. The van der Waals surface area contributed by atoms with Crippen LogP contribution in [0, 0.1) is 0 Å². The average molecular weight is 286 g/mol. The number of hydrogen-bond acceptors (Lipinski definition) is 7. The molecular formula is C12H18N2O4S. The summed E-state index contributed by atoms with van der Waals surface area (Å²) in [7, 11) is 1.27. The molecular weight excluding hydrogens is 268 g/mol. The number of esters is 2. The number of hydrogen-bond donors (Lipinski definition) is 2. The zero-order chi connectivity index (χ0) is 14.4. The Morgan fingerprint density at radius 1 is 1.32 bits per heavy atom. The number of thiophene rings is 1. The predicted molar refractivity (Wildman–Crippen MR) is 74.8 cm³/mol. The molecule has 6 nitrogen and oxygen atoms in total. The Balaban J connectivity index is 3.18. The number of nitrogens with one attached hydrogen (secondary N) is 1. The highest BCUT2D eigenvalue weighted by Crippen LogP contribution is 2.36. The van der Waals surface area contributed by atoms with Crippen molar-refractivity contribution >= 4 is 34.0 Å². The summed E-state index contributed by atoms with van der Waals surface area (Å²) in [4.78, 5) is 23.7. The van der Waals surface area contributed by atoms with E-state index in [0.717, 1.165) is 17.8 Å². The molecule has 1 aromatic heterocycles. The third-order valence-electron chi connectivity index (χ3n) is 2.33. The number of nitrogen functional groups attached to an aromatic ring is 1. The van der Waals surface area contributed by atoms with E-state index in [0.29, 0.717) is 11.5 Å². The van der Waals surface area contributed by atoms with Gasteiger partial charge in [0.15, 0.2) is 0 Å². The second-order valence-corrected chi connectivity index (χ2v) is 4.71. The van der Waals surface area contributed by atoms with Crippen LogP contribution in [0.2, 0.25) is 0 Å². The molecule has 0 aliphatic carbocycles. The smallest absolute Gasteiger partial charge is 0.350 e. The van der Waals surface area contributed by atoms with Crippen LogP contribution in [-0.4, -0.2) is 32.2 Å². The Hall–Kier alpha value is -1.76. The highest BCUT2D eigenvalue weighted by Gasteiger charge is 2.26. The van der Waals surface area contributed by atoms with Crippen LogP contribution >= 0.6 is 11.3 Å². The van der Waals surface area contributed by atoms with E-state index in [1.165, 1.54) is 7.11 Å². The molecule has 0 amide bonds. The number of rotatable bonds is 6. The summed E-state index contributed by atoms with van der Waals surface area (Å²) in [6.45, 7) is 4.63. The van der Waals surface area contributed by atoms with Crippen LogP contribution in [0.3, 0.4) is 0 Å². The second-order valence-electron chi connectivity index (χ2n) is 3.69. The molecule has 1 rings (SSSR count). The third-order valence-corrected chi connectivity index (χ3v) is 3.47. The standard InChI is InChI=1S/C12H18N2O4S/c1-4-6-14-10-7(11(15)17-3)8(13)9(19-10)12(16)18-5-2/h14H,4-6,13H2,1-3H3. The number of carbonyl (C=O) groups excluding carboxylic acids is 2. The monoisotopic (exact) mass is 286 g/mol. The first kappa shape index (κ1) is 15.3. The van der Waals surface area contributed by atoms with Crippen LogP contribution in [0.5, 0.6) is 0 Å². The van der Waals surface area contributed by atoms with Gasteiger partial charge < -0.3 is 20.5 Å². The summed E-state index contributed by atoms with van der Waals surface area (Å²) in [6, 6.07) is 0. The Kier molecular flexibility index (Phi) is 5.62. The van der Waals surface area contributed by atoms with Gasteiger partial charge in [-0.05, 0) is 13.3 Å². The molecule has 0 bridgehead atoms. The van der Waals surface area contributed by atoms with E-state index < -0.39 is 11.9 Å². The van der Waals surface area contributed by atoms with Crippen molar-refractivity contribution in [2.75, 3.05) is 31.3 Å². The highest BCUT2D eigenvalue weighted by atomic mass is 32.1. The minimum atomic E-state index is -0.567. The number of methoxy groups -OCH3 is 1. The van der Waals surface area contributed by atoms with Crippen molar-refractivity contribution in [3.8, 4) is 0 Å². The summed E-state index contributed by atoms with van der Waals surface area (Å²) in [6.07, 6.45) is 0.882. The molecule has 7 heteroatoms. The van der Waals surface area contributed by atoms with E-state index in [2.05, 4.69) is 10.1 Å². The molecule has 1 heterocycles. The van der Waals surface area contributed by atoms with Crippen LogP contribution < -0.4 is 11.1 Å². The molecule has 0 aliphatic rings. The molecule has 0 fully saturated rings. The first-order chi connectivity index (χ1) is 9.06. The van der Waals surface area contributed by atoms with Gasteiger partial charge in [-0.1, -0.05) is 6.92 Å². The molecule has 0 saturated heterocycles. The topological polar surface area (TPSA) is 90.6 Å². The van der Waals surface area contributed by atoms with Crippen molar-refractivity contribution in [1.82, 2.24) is 0 Å². The summed E-state index contributed by atoms with van der Waals surface area (Å²) in [5.74, 6) is -1.09. The lowest BCUT2D eigenvalue weighted by Gasteiger charge is -2.04. The molecule has 0 aliphatic heterocycles. The van der Waals surface area contributed by atoms with E-state index in [1.54, 1.807) is 6.92 Å². The van der Waals surface area contributed by atoms with Gasteiger partial charge in [-0.15, -0.1) is 11.3 Å². The van der Waals surface area contributed by atoms with Crippen LogP contribution in [0.25, 0.3) is 0 Å². The van der Waals surface area contributed by atoms with Gasteiger partial charge in [0.2, 0.25) is 0 Å². The van der Waals surface area contributed by atoms with Gasteiger partial charge in [-0.2, -0.15) is 0 Å². The average Bonchev–Trinajstić information content (AvgIpc) is 2.73. The van der Waals surface area contributed by atoms with E-state index >= 15 is 0 Å². The lowest BCUT2D eigenvalue weighted by Crippen LogP contribution is -2.10. The van der Waals surface area contributed by atoms with E-state index in [4.69, 9.17) is 10.5 Å². The van der Waals surface area contributed by atoms with Crippen molar-refractivity contribution in [2.24, 2.45) is 0 Å². The van der Waals surface area contributed by atoms with Gasteiger partial charge in [0.05, 0.1) is 19.4 Å². The van der Waals surface area contributed by atoms with Gasteiger partial charge in [0.25, 0.3) is 0 Å². The maximum atomic E-state index is 11.7. The zero-order valence-electron chi connectivity index (χ0n) is 11.2. The molecule has 0 aromatic carbocycles. The fourth-order valence-electron chi connectivity index (χ4n) is 1.46. The van der Waals surface area contributed by atoms with Crippen molar-refractivity contribution in [1.29, 1.82) is 0 Å². The summed E-state index contributed by atoms with van der Waals surface area (Å²) >= 11 is 1.11. The van der Waals surface area contributed by atoms with Crippen molar-refractivity contribution in [3.05, 3.63) is 10.4 Å². The quantitative estimate of drug-likeness (QED) is 0.778. The molecule has 0 spiro atoms. The maximum Gasteiger partial charge on any atom is 0.350 e. The van der Waals surface area contributed by atoms with Crippen molar-refractivity contribution in [3.63, 3.8) is 0 Å². The normalized spacial score (nSPS) is 10.1. The molecule has 106 valence electrons. The van der Waals surface area contributed by atoms with Crippen molar-refractivity contribution in [2.45, 2.75) is 20.3 Å². The highest BCUT2D eigenvalue weighted by molar-refractivity contribution is 7.19. The number of nitrogens with two attached hydrogens (primary N) is 1. The van der Waals surface area contributed by atoms with Gasteiger partial charge in [0, 0.05) is 6.54 Å². The minimum Gasteiger partial charge on any atom is -0.465 e. The molecule has 3 N–H and O–H groups in total. The van der Waals surface area contributed by atoms with Crippen LogP contribution in [0.1, 0.15) is 40.3 Å². The first-order valence-corrected chi connectivity index (χ1v) is 6.79. The molecule has 0 atom stereocenters. The molecule has 1 aromatic rings. The van der Waals surface area contributed by atoms with Gasteiger partial charge in [0.1, 0.15) is 15.4 Å². The lowest BCUT2D eigenvalue weighted by atomic mass is 10.2. The fourth-order valence-corrected chi connectivity index (χ4v) is 2.49. The van der Waals surface area contributed by atoms with E-state index in [9.17, 15) is 9.59 Å². The molecule has 0 saturated carbocycles. The Labute approximate surface area is 115 Å². The maximum absolute atomic E-state index is 11.7. The SMILES string of the molecule is CCCNc1sc(C(=O)OCC)c(N)c1C(=O)OC. The number of ether oxygens (including phenoxy) is 2. The van der Waals surface area contributed by atoms with Crippen LogP contribution in [0.15, 0.2) is 0 Å². The fraction of sp³-hybridized carbons (Fsp3) is 0.500. The lowest BCUT2D eigenvalue weighted by molar-refractivity contribution is 0.0533. The van der Waals surface area contributed by atoms with Crippen molar-refractivity contribution < 1.29 is 19.1 Å². The Morgan fingerprint density at radius 3 is 2.53 bits per heavy atom. The van der Waals surface area contributed by atoms with Crippen LogP contribution in [-0.2, 0) is 9.47 Å². The molecule has 0 unspecified atom stereocenters. The largest absolute Gasteiger partial charge is 0.465 e. The minimum absolute atomic E-state index is 0.105. The number of carbonyl (C=O) groups is 2. The summed E-state index contributed by atoms with van der Waals surface area (Å²) in [5, 5.41) is 3.60. The predicted octanol–water partition coefficient (Wildman–Crippen LogP) is 2.12. The Bertz CT molecular complexity index is 471. The molecule has 19 heavy (non-hydrogen) atoms. The third kappa shape index (κ3) is 3.37.